The summed E-state index contributed by atoms with van der Waals surface area (Å²) in [5.74, 6) is 0.162. The van der Waals surface area contributed by atoms with E-state index >= 15 is 0 Å². The molecule has 5 heteroatoms. The molecule has 10 heavy (non-hydrogen) atoms. The van der Waals surface area contributed by atoms with Crippen LogP contribution in [0.25, 0.3) is 0 Å². The summed E-state index contributed by atoms with van der Waals surface area (Å²) in [6.07, 6.45) is 3.11. The summed E-state index contributed by atoms with van der Waals surface area (Å²) in [7, 11) is 0. The summed E-state index contributed by atoms with van der Waals surface area (Å²) in [5, 5.41) is 11.1. The number of hydrogen-bond acceptors (Lipinski definition) is 3. The highest BCUT2D eigenvalue weighted by atomic mass is 16.4. The predicted molar refractivity (Wildman–Crippen MR) is 34.4 cm³/mol. The molecule has 1 amide bonds. The minimum atomic E-state index is -1.09. The summed E-state index contributed by atoms with van der Waals surface area (Å²) >= 11 is 0. The highest BCUT2D eigenvalue weighted by Crippen LogP contribution is 2.00. The zero-order valence-corrected chi connectivity index (χ0v) is 5.11. The Morgan fingerprint density at radius 2 is 2.50 bits per heavy atom. The molecule has 54 valence electrons. The Kier molecular flexibility index (Phi) is 1.49. The maximum absolute atomic E-state index is 10.3. The van der Waals surface area contributed by atoms with Gasteiger partial charge in [-0.05, 0) is 0 Å². The van der Waals surface area contributed by atoms with Gasteiger partial charge in [-0.25, -0.2) is 9.69 Å². The van der Waals surface area contributed by atoms with Crippen LogP contribution in [0.15, 0.2) is 24.4 Å². The van der Waals surface area contributed by atoms with Crippen molar-refractivity contribution in [2.75, 3.05) is 0 Å². The molecule has 0 saturated heterocycles. The van der Waals surface area contributed by atoms with Crippen LogP contribution in [0.3, 0.4) is 0 Å². The second-order valence-electron chi connectivity index (χ2n) is 1.70. The Morgan fingerprint density at radius 1 is 1.80 bits per heavy atom. The van der Waals surface area contributed by atoms with Gasteiger partial charge in [0.25, 0.3) is 0 Å². The molecular formula is C5H7N3O2. The van der Waals surface area contributed by atoms with Crippen LogP contribution in [0.5, 0.6) is 0 Å². The van der Waals surface area contributed by atoms with Gasteiger partial charge in [0, 0.05) is 18.6 Å². The Bertz CT molecular complexity index is 209. The average Bonchev–Trinajstić information content (AvgIpc) is 1.88. The summed E-state index contributed by atoms with van der Waals surface area (Å²) in [5.41, 5.74) is 5.27. The van der Waals surface area contributed by atoms with Gasteiger partial charge in [-0.3, -0.25) is 0 Å². The van der Waals surface area contributed by atoms with Crippen LogP contribution in [-0.4, -0.2) is 16.1 Å². The first-order chi connectivity index (χ1) is 4.72. The minimum Gasteiger partial charge on any atom is -0.464 e. The number of nitrogens with zero attached hydrogens (tertiary/aromatic N) is 1. The van der Waals surface area contributed by atoms with Gasteiger partial charge >= 0.3 is 6.09 Å². The van der Waals surface area contributed by atoms with E-state index in [0.29, 0.717) is 0 Å². The summed E-state index contributed by atoms with van der Waals surface area (Å²) in [6.45, 7) is 0. The lowest BCUT2D eigenvalue weighted by atomic mass is 10.5. The molecule has 1 aliphatic rings. The summed E-state index contributed by atoms with van der Waals surface area (Å²) < 4.78 is 0. The fourth-order valence-corrected chi connectivity index (χ4v) is 0.581. The van der Waals surface area contributed by atoms with Gasteiger partial charge in [-0.15, -0.1) is 0 Å². The molecule has 1 heterocycles. The zero-order chi connectivity index (χ0) is 7.56. The molecular weight excluding hydrogens is 134 g/mol. The SMILES string of the molecule is NC1=CNC=CN1C(=O)O. The van der Waals surface area contributed by atoms with Crippen molar-refractivity contribution in [2.24, 2.45) is 5.73 Å². The lowest BCUT2D eigenvalue weighted by Crippen LogP contribution is -2.31. The van der Waals surface area contributed by atoms with Gasteiger partial charge in [0.15, 0.2) is 0 Å². The molecule has 0 radical (unpaired) electrons. The maximum Gasteiger partial charge on any atom is 0.417 e. The number of rotatable bonds is 0. The first-order valence-corrected chi connectivity index (χ1v) is 2.62. The number of hydrogen-bond donors (Lipinski definition) is 3. The first kappa shape index (κ1) is 6.47. The van der Waals surface area contributed by atoms with Crippen LogP contribution in [0, 0.1) is 0 Å². The van der Waals surface area contributed by atoms with Gasteiger partial charge in [0.05, 0.1) is 0 Å². The zero-order valence-electron chi connectivity index (χ0n) is 5.11. The highest BCUT2D eigenvalue weighted by molar-refractivity contribution is 5.68. The lowest BCUT2D eigenvalue weighted by Gasteiger charge is -2.16. The second-order valence-corrected chi connectivity index (χ2v) is 1.70. The predicted octanol–water partition coefficient (Wildman–Crippen LogP) is -0.202. The molecule has 0 bridgehead atoms. The number of carbonyl (C=O) groups is 1. The molecule has 0 saturated carbocycles. The van der Waals surface area contributed by atoms with E-state index in [0.717, 1.165) is 4.90 Å². The van der Waals surface area contributed by atoms with E-state index in [1.54, 1.807) is 0 Å². The number of nitrogens with one attached hydrogen (secondary N) is 1. The second kappa shape index (κ2) is 2.30. The van der Waals surface area contributed by atoms with E-state index in [4.69, 9.17) is 10.8 Å². The molecule has 4 N–H and O–H groups in total. The van der Waals surface area contributed by atoms with Crippen molar-refractivity contribution in [3.8, 4) is 0 Å². The van der Waals surface area contributed by atoms with Gasteiger partial charge in [0.1, 0.15) is 5.82 Å². The topological polar surface area (TPSA) is 78.6 Å². The summed E-state index contributed by atoms with van der Waals surface area (Å²) in [6, 6.07) is 0. The van der Waals surface area contributed by atoms with Crippen LogP contribution < -0.4 is 11.1 Å². The van der Waals surface area contributed by atoms with Gasteiger partial charge in [-0.2, -0.15) is 0 Å². The fourth-order valence-electron chi connectivity index (χ4n) is 0.581. The maximum atomic E-state index is 10.3. The Hall–Kier alpha value is -1.65. The monoisotopic (exact) mass is 141 g/mol. The van der Waals surface area contributed by atoms with Gasteiger partial charge in [-0.1, -0.05) is 0 Å². The lowest BCUT2D eigenvalue weighted by molar-refractivity contribution is 0.171. The molecule has 0 atom stereocenters. The van der Waals surface area contributed by atoms with Crippen LogP contribution in [-0.2, 0) is 0 Å². The molecule has 0 spiro atoms. The van der Waals surface area contributed by atoms with Crippen molar-refractivity contribution in [1.29, 1.82) is 0 Å². The molecule has 0 aromatic rings. The minimum absolute atomic E-state index is 0.162. The Balaban J connectivity index is 2.75. The van der Waals surface area contributed by atoms with E-state index in [9.17, 15) is 4.79 Å². The molecule has 0 aromatic heterocycles. The third kappa shape index (κ3) is 1.02. The van der Waals surface area contributed by atoms with Crippen LogP contribution in [0.2, 0.25) is 0 Å². The van der Waals surface area contributed by atoms with E-state index < -0.39 is 6.09 Å². The number of amides is 1. The quantitative estimate of drug-likeness (QED) is 0.436. The molecule has 1 aliphatic heterocycles. The Morgan fingerprint density at radius 3 is 2.90 bits per heavy atom. The highest BCUT2D eigenvalue weighted by Gasteiger charge is 2.12. The molecule has 0 unspecified atom stereocenters. The molecule has 1 rings (SSSR count). The molecule has 0 aliphatic carbocycles. The molecule has 0 aromatic carbocycles. The fraction of sp³-hybridized carbons (Fsp3) is 0. The molecule has 5 nitrogen and oxygen atoms in total. The third-order valence-electron chi connectivity index (χ3n) is 1.04. The van der Waals surface area contributed by atoms with Crippen molar-refractivity contribution < 1.29 is 9.90 Å². The van der Waals surface area contributed by atoms with Crippen LogP contribution in [0.4, 0.5) is 4.79 Å². The molecule has 0 fully saturated rings. The van der Waals surface area contributed by atoms with Gasteiger partial charge in [0.2, 0.25) is 0 Å². The average molecular weight is 141 g/mol. The third-order valence-corrected chi connectivity index (χ3v) is 1.04. The van der Waals surface area contributed by atoms with E-state index in [1.165, 1.54) is 18.6 Å². The van der Waals surface area contributed by atoms with E-state index in [-0.39, 0.29) is 5.82 Å². The number of carboxylic acid groups (broad SMARTS) is 1. The Labute approximate surface area is 57.4 Å². The van der Waals surface area contributed by atoms with Gasteiger partial charge < -0.3 is 16.2 Å². The smallest absolute Gasteiger partial charge is 0.417 e. The van der Waals surface area contributed by atoms with Crippen molar-refractivity contribution in [3.63, 3.8) is 0 Å². The standard InChI is InChI=1S/C5H7N3O2/c6-4-3-7-1-2-8(4)5(9)10/h1-3,7H,6H2,(H,9,10). The first-order valence-electron chi connectivity index (χ1n) is 2.62. The van der Waals surface area contributed by atoms with Crippen molar-refractivity contribution >= 4 is 6.09 Å². The van der Waals surface area contributed by atoms with Crippen molar-refractivity contribution in [2.45, 2.75) is 0 Å². The van der Waals surface area contributed by atoms with E-state index in [2.05, 4.69) is 5.32 Å². The van der Waals surface area contributed by atoms with Crippen molar-refractivity contribution in [3.05, 3.63) is 24.4 Å². The van der Waals surface area contributed by atoms with Crippen molar-refractivity contribution in [1.82, 2.24) is 10.2 Å². The van der Waals surface area contributed by atoms with Crippen LogP contribution >= 0.6 is 0 Å². The largest absolute Gasteiger partial charge is 0.464 e. The normalized spacial score (nSPS) is 16.0. The van der Waals surface area contributed by atoms with Crippen LogP contribution in [0.1, 0.15) is 0 Å². The summed E-state index contributed by atoms with van der Waals surface area (Å²) in [4.78, 5) is 11.2. The van der Waals surface area contributed by atoms with E-state index in [1.807, 2.05) is 0 Å². The number of nitrogens with two attached hydrogens (primary N) is 1.